The first-order valence-electron chi connectivity index (χ1n) is 8.50. The Hall–Kier alpha value is -2.89. The molecule has 0 radical (unpaired) electrons. The van der Waals surface area contributed by atoms with Gasteiger partial charge in [0.2, 0.25) is 0 Å². The van der Waals surface area contributed by atoms with E-state index in [4.69, 9.17) is 4.74 Å². The van der Waals surface area contributed by atoms with Crippen LogP contribution in [0.2, 0.25) is 0 Å². The molecule has 0 aliphatic heterocycles. The molecule has 0 atom stereocenters. The fourth-order valence-electron chi connectivity index (χ4n) is 2.51. The van der Waals surface area contributed by atoms with Crippen LogP contribution in [0.15, 0.2) is 48.5 Å². The quantitative estimate of drug-likeness (QED) is 0.737. The van der Waals surface area contributed by atoms with E-state index in [0.717, 1.165) is 18.3 Å². The second-order valence-electron chi connectivity index (χ2n) is 5.86. The van der Waals surface area contributed by atoms with Gasteiger partial charge in [-0.3, -0.25) is 4.79 Å². The van der Waals surface area contributed by atoms with Crippen molar-refractivity contribution in [2.24, 2.45) is 0 Å². The van der Waals surface area contributed by atoms with Crippen LogP contribution in [0.1, 0.15) is 22.8 Å². The second kappa shape index (κ2) is 9.56. The summed E-state index contributed by atoms with van der Waals surface area (Å²) < 4.78 is 18.0. The Labute approximate surface area is 152 Å². The lowest BCUT2D eigenvalue weighted by molar-refractivity contribution is -0.124. The molecule has 1 N–H and O–H groups in total. The Bertz CT molecular complexity index is 764. The van der Waals surface area contributed by atoms with Gasteiger partial charge in [-0.2, -0.15) is 0 Å². The van der Waals surface area contributed by atoms with Crippen molar-refractivity contribution >= 4 is 17.6 Å². The first-order valence-corrected chi connectivity index (χ1v) is 8.50. The molecule has 0 fully saturated rings. The maximum Gasteiger partial charge on any atom is 0.338 e. The maximum absolute atomic E-state index is 13.1. The molecule has 138 valence electrons. The van der Waals surface area contributed by atoms with Crippen LogP contribution < -0.4 is 10.2 Å². The number of nitrogens with zero attached hydrogens (tertiary/aromatic N) is 1. The van der Waals surface area contributed by atoms with Gasteiger partial charge >= 0.3 is 5.97 Å². The Morgan fingerprint density at radius 3 is 2.62 bits per heavy atom. The number of likely N-dealkylation sites (N-methyl/N-ethyl adjacent to an activating group) is 1. The third-order valence-electron chi connectivity index (χ3n) is 3.85. The Morgan fingerprint density at radius 1 is 1.15 bits per heavy atom. The molecule has 0 aromatic heterocycles. The van der Waals surface area contributed by atoms with Gasteiger partial charge in [0.1, 0.15) is 5.82 Å². The summed E-state index contributed by atoms with van der Waals surface area (Å²) in [6, 6.07) is 13.3. The fourth-order valence-corrected chi connectivity index (χ4v) is 2.51. The number of hydrogen-bond acceptors (Lipinski definition) is 4. The van der Waals surface area contributed by atoms with Crippen molar-refractivity contribution in [3.63, 3.8) is 0 Å². The standard InChI is InChI=1S/C20H23FN2O3/c1-3-23(18-9-4-6-15(2)12-18)11-10-22-19(24)14-26-20(25)16-7-5-8-17(21)13-16/h4-9,12-13H,3,10-11,14H2,1-2H3,(H,22,24). The maximum atomic E-state index is 13.1. The van der Waals surface area contributed by atoms with Crippen LogP contribution in [0, 0.1) is 12.7 Å². The molecule has 0 heterocycles. The molecule has 5 nitrogen and oxygen atoms in total. The Morgan fingerprint density at radius 2 is 1.92 bits per heavy atom. The number of halogens is 1. The van der Waals surface area contributed by atoms with Crippen molar-refractivity contribution in [2.45, 2.75) is 13.8 Å². The van der Waals surface area contributed by atoms with Gasteiger partial charge in [-0.25, -0.2) is 9.18 Å². The molecule has 2 aromatic carbocycles. The predicted octanol–water partition coefficient (Wildman–Crippen LogP) is 2.93. The first kappa shape index (κ1) is 19.4. The van der Waals surface area contributed by atoms with E-state index in [-0.39, 0.29) is 5.56 Å². The summed E-state index contributed by atoms with van der Waals surface area (Å²) in [5.41, 5.74) is 2.35. The average Bonchev–Trinajstić information content (AvgIpc) is 2.63. The molecule has 2 rings (SSSR count). The Balaban J connectivity index is 1.75. The van der Waals surface area contributed by atoms with E-state index in [9.17, 15) is 14.0 Å². The smallest absolute Gasteiger partial charge is 0.338 e. The molecule has 2 aromatic rings. The minimum atomic E-state index is -0.727. The van der Waals surface area contributed by atoms with E-state index in [1.807, 2.05) is 32.0 Å². The summed E-state index contributed by atoms with van der Waals surface area (Å²) in [5, 5.41) is 2.72. The number of anilines is 1. The third kappa shape index (κ3) is 5.88. The highest BCUT2D eigenvalue weighted by molar-refractivity contribution is 5.91. The van der Waals surface area contributed by atoms with Crippen LogP contribution in [-0.2, 0) is 9.53 Å². The number of ether oxygens (including phenoxy) is 1. The molecule has 0 saturated carbocycles. The first-order chi connectivity index (χ1) is 12.5. The van der Waals surface area contributed by atoms with Gasteiger partial charge in [0, 0.05) is 25.3 Å². The molecule has 0 saturated heterocycles. The van der Waals surface area contributed by atoms with Crippen LogP contribution >= 0.6 is 0 Å². The predicted molar refractivity (Wildman–Crippen MR) is 98.8 cm³/mol. The van der Waals surface area contributed by atoms with Crippen LogP contribution in [-0.4, -0.2) is 38.1 Å². The second-order valence-corrected chi connectivity index (χ2v) is 5.86. The van der Waals surface area contributed by atoms with Crippen molar-refractivity contribution < 1.29 is 18.7 Å². The number of carbonyl (C=O) groups excluding carboxylic acids is 2. The normalized spacial score (nSPS) is 10.3. The third-order valence-corrected chi connectivity index (χ3v) is 3.85. The molecule has 26 heavy (non-hydrogen) atoms. The summed E-state index contributed by atoms with van der Waals surface area (Å²) >= 11 is 0. The van der Waals surface area contributed by atoms with Gasteiger partial charge in [0.15, 0.2) is 6.61 Å². The van der Waals surface area contributed by atoms with Crippen molar-refractivity contribution in [2.75, 3.05) is 31.1 Å². The van der Waals surface area contributed by atoms with Crippen molar-refractivity contribution in [3.8, 4) is 0 Å². The zero-order valence-electron chi connectivity index (χ0n) is 15.0. The lowest BCUT2D eigenvalue weighted by atomic mass is 10.2. The van der Waals surface area contributed by atoms with Crippen molar-refractivity contribution in [1.29, 1.82) is 0 Å². The lowest BCUT2D eigenvalue weighted by Gasteiger charge is -2.23. The largest absolute Gasteiger partial charge is 0.452 e. The molecular weight excluding hydrogens is 335 g/mol. The Kier molecular flexibility index (Phi) is 7.14. The van der Waals surface area contributed by atoms with Gasteiger partial charge in [-0.15, -0.1) is 0 Å². The zero-order chi connectivity index (χ0) is 18.9. The number of carbonyl (C=O) groups is 2. The number of amides is 1. The lowest BCUT2D eigenvalue weighted by Crippen LogP contribution is -2.36. The van der Waals surface area contributed by atoms with Crippen molar-refractivity contribution in [1.82, 2.24) is 5.32 Å². The van der Waals surface area contributed by atoms with Crippen LogP contribution in [0.5, 0.6) is 0 Å². The topological polar surface area (TPSA) is 58.6 Å². The summed E-state index contributed by atoms with van der Waals surface area (Å²) in [6.07, 6.45) is 0. The average molecular weight is 358 g/mol. The van der Waals surface area contributed by atoms with Gasteiger partial charge in [-0.05, 0) is 49.7 Å². The summed E-state index contributed by atoms with van der Waals surface area (Å²) in [7, 11) is 0. The minimum Gasteiger partial charge on any atom is -0.452 e. The van der Waals surface area contributed by atoms with Gasteiger partial charge < -0.3 is 15.0 Å². The fraction of sp³-hybridized carbons (Fsp3) is 0.300. The van der Waals surface area contributed by atoms with E-state index >= 15 is 0 Å². The van der Waals surface area contributed by atoms with E-state index in [1.54, 1.807) is 0 Å². The molecule has 6 heteroatoms. The number of nitrogens with one attached hydrogen (secondary N) is 1. The molecule has 0 aliphatic rings. The highest BCUT2D eigenvalue weighted by atomic mass is 19.1. The summed E-state index contributed by atoms with van der Waals surface area (Å²) in [6.45, 7) is 5.57. The van der Waals surface area contributed by atoms with E-state index in [2.05, 4.69) is 16.3 Å². The van der Waals surface area contributed by atoms with Crippen molar-refractivity contribution in [3.05, 3.63) is 65.5 Å². The van der Waals surface area contributed by atoms with Crippen LogP contribution in [0.25, 0.3) is 0 Å². The molecule has 0 spiro atoms. The molecular formula is C20H23FN2O3. The molecule has 0 bridgehead atoms. The number of benzene rings is 2. The van der Waals surface area contributed by atoms with Gasteiger partial charge in [-0.1, -0.05) is 18.2 Å². The van der Waals surface area contributed by atoms with Crippen LogP contribution in [0.3, 0.4) is 0 Å². The summed E-state index contributed by atoms with van der Waals surface area (Å²) in [5.74, 6) is -1.65. The number of esters is 1. The van der Waals surface area contributed by atoms with Crippen LogP contribution in [0.4, 0.5) is 10.1 Å². The highest BCUT2D eigenvalue weighted by Gasteiger charge is 2.11. The molecule has 1 amide bonds. The molecule has 0 aliphatic carbocycles. The number of aryl methyl sites for hydroxylation is 1. The van der Waals surface area contributed by atoms with E-state index in [1.165, 1.54) is 23.8 Å². The van der Waals surface area contributed by atoms with E-state index < -0.39 is 24.3 Å². The number of hydrogen-bond donors (Lipinski definition) is 1. The SMILES string of the molecule is CCN(CCNC(=O)COC(=O)c1cccc(F)c1)c1cccc(C)c1. The highest BCUT2D eigenvalue weighted by Crippen LogP contribution is 2.14. The monoisotopic (exact) mass is 358 g/mol. The van der Waals surface area contributed by atoms with E-state index in [0.29, 0.717) is 13.1 Å². The number of rotatable bonds is 8. The molecule has 0 unspecified atom stereocenters. The minimum absolute atomic E-state index is 0.0782. The van der Waals surface area contributed by atoms with Gasteiger partial charge in [0.25, 0.3) is 5.91 Å². The van der Waals surface area contributed by atoms with Gasteiger partial charge in [0.05, 0.1) is 5.56 Å². The zero-order valence-corrected chi connectivity index (χ0v) is 15.0. The summed E-state index contributed by atoms with van der Waals surface area (Å²) in [4.78, 5) is 25.7.